The van der Waals surface area contributed by atoms with E-state index in [0.717, 1.165) is 25.7 Å². The quantitative estimate of drug-likeness (QED) is 0.622. The van der Waals surface area contributed by atoms with Gasteiger partial charge in [-0.25, -0.2) is 14.3 Å². The van der Waals surface area contributed by atoms with E-state index >= 15 is 0 Å². The third-order valence-corrected chi connectivity index (χ3v) is 5.48. The van der Waals surface area contributed by atoms with E-state index in [-0.39, 0.29) is 5.56 Å². The maximum absolute atomic E-state index is 12.5. The molecule has 0 atom stereocenters. The zero-order valence-electron chi connectivity index (χ0n) is 17.0. The molecule has 1 aliphatic heterocycles. The molecule has 1 amide bonds. The lowest BCUT2D eigenvalue weighted by Gasteiger charge is -2.21. The van der Waals surface area contributed by atoms with Gasteiger partial charge in [-0.1, -0.05) is 6.92 Å². The standard InChI is InChI=1S/C21H21N5O5/c1-2-15-14(10-22-20-23-12-24-26(15)20)19(28)29-11-18(27)25-13-5-6-16-17(9-13)31-21(30-16)7-3-4-8-21/h5-6,9-10,12H,2-4,7-8,11H2,1H3,(H,25,27). The normalized spacial score (nSPS) is 16.0. The maximum Gasteiger partial charge on any atom is 0.342 e. The first kappa shape index (κ1) is 19.3. The summed E-state index contributed by atoms with van der Waals surface area (Å²) in [6.45, 7) is 1.45. The van der Waals surface area contributed by atoms with Crippen molar-refractivity contribution < 1.29 is 23.8 Å². The van der Waals surface area contributed by atoms with Gasteiger partial charge in [0.25, 0.3) is 17.5 Å². The van der Waals surface area contributed by atoms with Crippen molar-refractivity contribution in [3.05, 3.63) is 42.0 Å². The summed E-state index contributed by atoms with van der Waals surface area (Å²) in [5.74, 6) is 0.0112. The number of carbonyl (C=O) groups excluding carboxylic acids is 2. The number of fused-ring (bicyclic) bond motifs is 2. The van der Waals surface area contributed by atoms with Crippen LogP contribution in [0.5, 0.6) is 11.5 Å². The SMILES string of the molecule is CCc1c(C(=O)OCC(=O)Nc2ccc3c(c2)OC2(CCCC2)O3)cnc2ncnn12. The van der Waals surface area contributed by atoms with Crippen molar-refractivity contribution in [1.29, 1.82) is 0 Å². The van der Waals surface area contributed by atoms with Gasteiger partial charge in [-0.3, -0.25) is 4.79 Å². The Balaban J connectivity index is 1.22. The van der Waals surface area contributed by atoms with Gasteiger partial charge in [0.05, 0.1) is 11.3 Å². The predicted octanol–water partition coefficient (Wildman–Crippen LogP) is 2.52. The topological polar surface area (TPSA) is 117 Å². The predicted molar refractivity (Wildman–Crippen MR) is 108 cm³/mol. The number of rotatable bonds is 5. The molecule has 1 saturated carbocycles. The Morgan fingerprint density at radius 2 is 2.00 bits per heavy atom. The summed E-state index contributed by atoms with van der Waals surface area (Å²) in [6.07, 6.45) is 7.13. The summed E-state index contributed by atoms with van der Waals surface area (Å²) >= 11 is 0. The van der Waals surface area contributed by atoms with Gasteiger partial charge in [-0.15, -0.1) is 0 Å². The molecule has 1 fully saturated rings. The number of esters is 1. The fourth-order valence-corrected chi connectivity index (χ4v) is 4.03. The largest absolute Gasteiger partial charge is 0.452 e. The molecule has 1 N–H and O–H groups in total. The molecule has 0 bridgehead atoms. The van der Waals surface area contributed by atoms with Crippen LogP contribution in [0.3, 0.4) is 0 Å². The molecule has 3 heterocycles. The Kier molecular flexibility index (Phi) is 4.68. The van der Waals surface area contributed by atoms with Crippen LogP contribution in [0.15, 0.2) is 30.7 Å². The molecule has 2 aliphatic rings. The Labute approximate surface area is 177 Å². The lowest BCUT2D eigenvalue weighted by atomic mass is 10.2. The molecule has 0 saturated heterocycles. The molecule has 0 unspecified atom stereocenters. The Morgan fingerprint density at radius 3 is 2.81 bits per heavy atom. The molecule has 5 rings (SSSR count). The number of hydrogen-bond acceptors (Lipinski definition) is 8. The first-order chi connectivity index (χ1) is 15.1. The molecule has 1 spiro atoms. The number of aromatic nitrogens is 4. The van der Waals surface area contributed by atoms with Crippen LogP contribution in [0.2, 0.25) is 0 Å². The van der Waals surface area contributed by atoms with Crippen LogP contribution in [-0.2, 0) is 16.0 Å². The van der Waals surface area contributed by atoms with Gasteiger partial charge in [0.1, 0.15) is 6.33 Å². The van der Waals surface area contributed by atoms with E-state index in [9.17, 15) is 9.59 Å². The summed E-state index contributed by atoms with van der Waals surface area (Å²) < 4.78 is 18.7. The maximum atomic E-state index is 12.5. The Morgan fingerprint density at radius 1 is 1.19 bits per heavy atom. The second kappa shape index (κ2) is 7.53. The van der Waals surface area contributed by atoms with Crippen LogP contribution >= 0.6 is 0 Å². The molecule has 1 aliphatic carbocycles. The molecule has 10 nitrogen and oxygen atoms in total. The minimum Gasteiger partial charge on any atom is -0.452 e. The minimum absolute atomic E-state index is 0.248. The van der Waals surface area contributed by atoms with E-state index in [2.05, 4.69) is 20.4 Å². The summed E-state index contributed by atoms with van der Waals surface area (Å²) in [5.41, 5.74) is 1.40. The number of nitrogens with one attached hydrogen (secondary N) is 1. The third kappa shape index (κ3) is 3.54. The van der Waals surface area contributed by atoms with Crippen LogP contribution in [0, 0.1) is 0 Å². The monoisotopic (exact) mass is 423 g/mol. The Hall–Kier alpha value is -3.69. The number of nitrogens with zero attached hydrogens (tertiary/aromatic N) is 4. The molecule has 31 heavy (non-hydrogen) atoms. The van der Waals surface area contributed by atoms with Gasteiger partial charge in [0.2, 0.25) is 0 Å². The van der Waals surface area contributed by atoms with Crippen molar-refractivity contribution in [2.75, 3.05) is 11.9 Å². The van der Waals surface area contributed by atoms with Crippen molar-refractivity contribution >= 4 is 23.3 Å². The van der Waals surface area contributed by atoms with Crippen molar-refractivity contribution in [3.8, 4) is 11.5 Å². The van der Waals surface area contributed by atoms with Gasteiger partial charge in [-0.05, 0) is 31.4 Å². The number of anilines is 1. The second-order valence-electron chi connectivity index (χ2n) is 7.55. The number of benzene rings is 1. The van der Waals surface area contributed by atoms with Crippen LogP contribution in [0.4, 0.5) is 5.69 Å². The number of ether oxygens (including phenoxy) is 3. The molecular weight excluding hydrogens is 402 g/mol. The lowest BCUT2D eigenvalue weighted by molar-refractivity contribution is -0.119. The summed E-state index contributed by atoms with van der Waals surface area (Å²) in [7, 11) is 0. The van der Waals surface area contributed by atoms with Crippen LogP contribution in [0.25, 0.3) is 5.78 Å². The summed E-state index contributed by atoms with van der Waals surface area (Å²) in [4.78, 5) is 32.9. The number of amides is 1. The average Bonchev–Trinajstić information content (AvgIpc) is 3.50. The zero-order chi connectivity index (χ0) is 21.4. The molecule has 10 heteroatoms. The third-order valence-electron chi connectivity index (χ3n) is 5.48. The van der Waals surface area contributed by atoms with E-state index in [1.807, 2.05) is 6.92 Å². The highest BCUT2D eigenvalue weighted by atomic mass is 16.7. The van der Waals surface area contributed by atoms with Gasteiger partial charge >= 0.3 is 5.97 Å². The van der Waals surface area contributed by atoms with Gasteiger partial charge < -0.3 is 19.5 Å². The fraction of sp³-hybridized carbons (Fsp3) is 0.381. The van der Waals surface area contributed by atoms with Gasteiger partial charge in [-0.2, -0.15) is 10.1 Å². The highest BCUT2D eigenvalue weighted by Gasteiger charge is 2.44. The van der Waals surface area contributed by atoms with E-state index in [0.29, 0.717) is 35.1 Å². The Bertz CT molecular complexity index is 1170. The van der Waals surface area contributed by atoms with Gasteiger partial charge in [0, 0.05) is 30.8 Å². The number of carbonyl (C=O) groups is 2. The van der Waals surface area contributed by atoms with Crippen molar-refractivity contribution in [1.82, 2.24) is 19.6 Å². The summed E-state index contributed by atoms with van der Waals surface area (Å²) in [6, 6.07) is 5.23. The molecule has 0 radical (unpaired) electrons. The molecule has 160 valence electrons. The van der Waals surface area contributed by atoms with E-state index in [4.69, 9.17) is 14.2 Å². The molecule has 3 aromatic rings. The molecular formula is C21H21N5O5. The highest BCUT2D eigenvalue weighted by Crippen LogP contribution is 2.47. The van der Waals surface area contributed by atoms with Crippen LogP contribution in [-0.4, -0.2) is 43.9 Å². The smallest absolute Gasteiger partial charge is 0.342 e. The highest BCUT2D eigenvalue weighted by molar-refractivity contribution is 5.96. The zero-order valence-corrected chi connectivity index (χ0v) is 17.0. The van der Waals surface area contributed by atoms with Crippen LogP contribution < -0.4 is 14.8 Å². The average molecular weight is 423 g/mol. The number of hydrogen-bond donors (Lipinski definition) is 1. The van der Waals surface area contributed by atoms with E-state index in [1.165, 1.54) is 17.0 Å². The van der Waals surface area contributed by atoms with Gasteiger partial charge in [0.15, 0.2) is 18.1 Å². The fourth-order valence-electron chi connectivity index (χ4n) is 4.03. The van der Waals surface area contributed by atoms with E-state index in [1.54, 1.807) is 18.2 Å². The minimum atomic E-state index is -0.647. The first-order valence-electron chi connectivity index (χ1n) is 10.2. The summed E-state index contributed by atoms with van der Waals surface area (Å²) in [5, 5.41) is 6.79. The van der Waals surface area contributed by atoms with Crippen molar-refractivity contribution in [2.24, 2.45) is 0 Å². The van der Waals surface area contributed by atoms with Crippen molar-refractivity contribution in [3.63, 3.8) is 0 Å². The van der Waals surface area contributed by atoms with Crippen LogP contribution in [0.1, 0.15) is 48.7 Å². The lowest BCUT2D eigenvalue weighted by Crippen LogP contribution is -2.34. The second-order valence-corrected chi connectivity index (χ2v) is 7.55. The van der Waals surface area contributed by atoms with E-state index < -0.39 is 24.3 Å². The first-order valence-corrected chi connectivity index (χ1v) is 10.2. The number of aryl methyl sites for hydroxylation is 1. The molecule has 2 aromatic heterocycles. The molecule has 1 aromatic carbocycles. The van der Waals surface area contributed by atoms with Crippen molar-refractivity contribution in [2.45, 2.75) is 44.8 Å².